The molecule has 1 unspecified atom stereocenters. The Morgan fingerprint density at radius 3 is 3.25 bits per heavy atom. The highest BCUT2D eigenvalue weighted by Gasteiger charge is 2.19. The van der Waals surface area contributed by atoms with Crippen molar-refractivity contribution in [1.82, 2.24) is 9.55 Å². The van der Waals surface area contributed by atoms with Crippen LogP contribution in [0.25, 0.3) is 0 Å². The van der Waals surface area contributed by atoms with Gasteiger partial charge in [-0.2, -0.15) is 0 Å². The molecule has 3 heteroatoms. The van der Waals surface area contributed by atoms with Gasteiger partial charge in [0.15, 0.2) is 0 Å². The summed E-state index contributed by atoms with van der Waals surface area (Å²) in [4.78, 5) is 6.18. The molecule has 1 aliphatic rings. The van der Waals surface area contributed by atoms with E-state index < -0.39 is 0 Å². The second-order valence-electron chi connectivity index (χ2n) is 4.58. The van der Waals surface area contributed by atoms with E-state index in [9.17, 15) is 0 Å². The minimum absolute atomic E-state index is 0.630. The van der Waals surface area contributed by atoms with Crippen molar-refractivity contribution in [2.24, 2.45) is 0 Å². The summed E-state index contributed by atoms with van der Waals surface area (Å²) in [5, 5.41) is 2.13. The monoisotopic (exact) mass is 232 g/mol. The smallest absolute Gasteiger partial charge is 0.111 e. The van der Waals surface area contributed by atoms with Crippen LogP contribution in [0.4, 0.5) is 0 Å². The zero-order chi connectivity index (χ0) is 11.0. The largest absolute Gasteiger partial charge is 0.334 e. The minimum atomic E-state index is 0.630. The Hall–Kier alpha value is -1.09. The molecule has 0 bridgehead atoms. The summed E-state index contributed by atoms with van der Waals surface area (Å²) in [6, 6.07) is 4.30. The number of aryl methyl sites for hydroxylation is 1. The van der Waals surface area contributed by atoms with Gasteiger partial charge in [0, 0.05) is 30.0 Å². The fourth-order valence-electron chi connectivity index (χ4n) is 2.43. The van der Waals surface area contributed by atoms with E-state index in [0.717, 1.165) is 13.0 Å². The maximum atomic E-state index is 4.78. The van der Waals surface area contributed by atoms with Gasteiger partial charge in [-0.1, -0.05) is 13.0 Å². The van der Waals surface area contributed by atoms with Gasteiger partial charge in [-0.25, -0.2) is 4.98 Å². The van der Waals surface area contributed by atoms with E-state index >= 15 is 0 Å². The van der Waals surface area contributed by atoms with Crippen molar-refractivity contribution < 1.29 is 0 Å². The number of imidazole rings is 1. The quantitative estimate of drug-likeness (QED) is 0.775. The van der Waals surface area contributed by atoms with Gasteiger partial charge in [0.2, 0.25) is 0 Å². The van der Waals surface area contributed by atoms with Crippen LogP contribution >= 0.6 is 11.3 Å². The third kappa shape index (κ3) is 1.80. The van der Waals surface area contributed by atoms with E-state index in [1.54, 1.807) is 0 Å². The SMILES string of the molecule is CC1CCCn2cc(Cc3cccs3)nc21. The van der Waals surface area contributed by atoms with E-state index in [4.69, 9.17) is 4.98 Å². The predicted octanol–water partition coefficient (Wildman–Crippen LogP) is 3.43. The fraction of sp³-hybridized carbons (Fsp3) is 0.462. The molecule has 0 spiro atoms. The first kappa shape index (κ1) is 10.1. The van der Waals surface area contributed by atoms with E-state index in [1.807, 2.05) is 11.3 Å². The van der Waals surface area contributed by atoms with Crippen LogP contribution in [-0.2, 0) is 13.0 Å². The molecule has 0 radical (unpaired) electrons. The highest BCUT2D eigenvalue weighted by atomic mass is 32.1. The highest BCUT2D eigenvalue weighted by Crippen LogP contribution is 2.26. The summed E-state index contributed by atoms with van der Waals surface area (Å²) in [7, 11) is 0. The molecule has 0 saturated heterocycles. The molecule has 2 aromatic rings. The molecular weight excluding hydrogens is 216 g/mol. The van der Waals surface area contributed by atoms with Gasteiger partial charge in [0.25, 0.3) is 0 Å². The van der Waals surface area contributed by atoms with E-state index in [0.29, 0.717) is 5.92 Å². The van der Waals surface area contributed by atoms with Crippen molar-refractivity contribution in [3.63, 3.8) is 0 Å². The van der Waals surface area contributed by atoms with Gasteiger partial charge < -0.3 is 4.57 Å². The third-order valence-electron chi connectivity index (χ3n) is 3.27. The van der Waals surface area contributed by atoms with Crippen LogP contribution < -0.4 is 0 Å². The number of nitrogens with zero attached hydrogens (tertiary/aromatic N) is 2. The Bertz CT molecular complexity index is 470. The molecule has 84 valence electrons. The van der Waals surface area contributed by atoms with Gasteiger partial charge in [-0.15, -0.1) is 11.3 Å². The summed E-state index contributed by atoms with van der Waals surface area (Å²) in [5.41, 5.74) is 1.23. The average Bonchev–Trinajstić information content (AvgIpc) is 2.88. The number of thiophene rings is 1. The second-order valence-corrected chi connectivity index (χ2v) is 5.62. The molecule has 0 fully saturated rings. The van der Waals surface area contributed by atoms with Crippen molar-refractivity contribution in [3.8, 4) is 0 Å². The first-order chi connectivity index (χ1) is 7.83. The van der Waals surface area contributed by atoms with Gasteiger partial charge in [0.05, 0.1) is 5.69 Å². The van der Waals surface area contributed by atoms with Crippen LogP contribution in [0.1, 0.15) is 42.1 Å². The molecule has 16 heavy (non-hydrogen) atoms. The maximum absolute atomic E-state index is 4.78. The molecule has 2 nitrogen and oxygen atoms in total. The molecule has 1 atom stereocenters. The summed E-state index contributed by atoms with van der Waals surface area (Å²) in [6.07, 6.45) is 5.81. The number of aromatic nitrogens is 2. The summed E-state index contributed by atoms with van der Waals surface area (Å²) in [6.45, 7) is 3.43. The fourth-order valence-corrected chi connectivity index (χ4v) is 3.15. The molecule has 3 rings (SSSR count). The van der Waals surface area contributed by atoms with E-state index in [1.165, 1.54) is 29.2 Å². The summed E-state index contributed by atoms with van der Waals surface area (Å²) >= 11 is 1.82. The number of fused-ring (bicyclic) bond motifs is 1. The lowest BCUT2D eigenvalue weighted by molar-refractivity contribution is 0.463. The van der Waals surface area contributed by atoms with E-state index in [2.05, 4.69) is 35.2 Å². The Balaban J connectivity index is 1.87. The Kier molecular flexibility index (Phi) is 2.56. The van der Waals surface area contributed by atoms with Gasteiger partial charge in [0.1, 0.15) is 5.82 Å². The van der Waals surface area contributed by atoms with Crippen LogP contribution in [0.5, 0.6) is 0 Å². The number of rotatable bonds is 2. The minimum Gasteiger partial charge on any atom is -0.334 e. The van der Waals surface area contributed by atoms with Crippen LogP contribution in [0.15, 0.2) is 23.7 Å². The zero-order valence-corrected chi connectivity index (χ0v) is 10.3. The van der Waals surface area contributed by atoms with Gasteiger partial charge in [-0.3, -0.25) is 0 Å². The van der Waals surface area contributed by atoms with Gasteiger partial charge >= 0.3 is 0 Å². The van der Waals surface area contributed by atoms with Crippen molar-refractivity contribution in [2.45, 2.75) is 38.6 Å². The first-order valence-corrected chi connectivity index (χ1v) is 6.79. The lowest BCUT2D eigenvalue weighted by atomic mass is 10.0. The van der Waals surface area contributed by atoms with Crippen molar-refractivity contribution in [2.75, 3.05) is 0 Å². The van der Waals surface area contributed by atoms with Crippen molar-refractivity contribution >= 4 is 11.3 Å². The molecule has 0 amide bonds. The van der Waals surface area contributed by atoms with E-state index in [-0.39, 0.29) is 0 Å². The maximum Gasteiger partial charge on any atom is 0.111 e. The van der Waals surface area contributed by atoms with Crippen molar-refractivity contribution in [1.29, 1.82) is 0 Å². The summed E-state index contributed by atoms with van der Waals surface area (Å²) in [5.74, 6) is 1.92. The molecule has 0 saturated carbocycles. The van der Waals surface area contributed by atoms with Crippen molar-refractivity contribution in [3.05, 3.63) is 40.1 Å². The Morgan fingerprint density at radius 1 is 1.56 bits per heavy atom. The first-order valence-electron chi connectivity index (χ1n) is 5.91. The number of hydrogen-bond donors (Lipinski definition) is 0. The third-order valence-corrected chi connectivity index (χ3v) is 4.15. The average molecular weight is 232 g/mol. The molecule has 0 aromatic carbocycles. The molecular formula is C13H16N2S. The predicted molar refractivity (Wildman–Crippen MR) is 67.0 cm³/mol. The zero-order valence-electron chi connectivity index (χ0n) is 9.52. The Morgan fingerprint density at radius 2 is 2.50 bits per heavy atom. The molecule has 3 heterocycles. The second kappa shape index (κ2) is 4.06. The molecule has 1 aliphatic heterocycles. The normalized spacial score (nSPS) is 19.7. The van der Waals surface area contributed by atoms with Crippen LogP contribution in [0.2, 0.25) is 0 Å². The molecule has 0 aliphatic carbocycles. The van der Waals surface area contributed by atoms with Crippen LogP contribution in [0.3, 0.4) is 0 Å². The molecule has 2 aromatic heterocycles. The lowest BCUT2D eigenvalue weighted by Crippen LogP contribution is -2.12. The van der Waals surface area contributed by atoms with Crippen LogP contribution in [-0.4, -0.2) is 9.55 Å². The topological polar surface area (TPSA) is 17.8 Å². The highest BCUT2D eigenvalue weighted by molar-refractivity contribution is 7.09. The lowest BCUT2D eigenvalue weighted by Gasteiger charge is -2.19. The molecule has 0 N–H and O–H groups in total. The Labute approximate surface area is 100.0 Å². The van der Waals surface area contributed by atoms with Crippen LogP contribution in [0, 0.1) is 0 Å². The standard InChI is InChI=1S/C13H16N2S/c1-10-4-2-6-15-9-11(14-13(10)15)8-12-5-3-7-16-12/h3,5,7,9-10H,2,4,6,8H2,1H3. The summed E-state index contributed by atoms with van der Waals surface area (Å²) < 4.78 is 2.34. The number of hydrogen-bond acceptors (Lipinski definition) is 2. The van der Waals surface area contributed by atoms with Gasteiger partial charge in [-0.05, 0) is 24.3 Å².